The van der Waals surface area contributed by atoms with E-state index in [9.17, 15) is 22.4 Å². The zero-order valence-corrected chi connectivity index (χ0v) is 31.4. The maximum Gasteiger partial charge on any atom is 0.328 e. The number of hydrogen-bond acceptors (Lipinski definition) is 8. The fourth-order valence-electron chi connectivity index (χ4n) is 6.69. The Bertz CT molecular complexity index is 1930. The van der Waals surface area contributed by atoms with E-state index in [1.807, 2.05) is 65.3 Å². The number of nitrogens with one attached hydrogen (secondary N) is 2. The molecule has 0 saturated carbocycles. The van der Waals surface area contributed by atoms with Crippen LogP contribution in [-0.4, -0.2) is 56.0 Å². The van der Waals surface area contributed by atoms with E-state index in [4.69, 9.17) is 19.2 Å². The number of sulfonamides is 1. The number of hydrogen-bond donors (Lipinski definition) is 2. The SMILES string of the molecule is CNC(=O)NS(=O)(=O)c1ccc2c(c1)-c1nc(C(C)C)c(/C=C/[C@@H]3C[C@H](CC(=O)OC(C)(C)C)OC(C)(C)O3)c(-c3ccc(F)cc3)c1CCC2. The Morgan fingerprint density at radius 2 is 1.80 bits per heavy atom. The zero-order valence-electron chi connectivity index (χ0n) is 30.6. The highest BCUT2D eigenvalue weighted by atomic mass is 32.2. The highest BCUT2D eigenvalue weighted by molar-refractivity contribution is 7.90. The zero-order chi connectivity index (χ0) is 37.3. The van der Waals surface area contributed by atoms with Crippen LogP contribution in [-0.2, 0) is 41.9 Å². The van der Waals surface area contributed by atoms with E-state index in [2.05, 4.69) is 5.32 Å². The summed E-state index contributed by atoms with van der Waals surface area (Å²) in [6, 6.07) is 10.4. The van der Waals surface area contributed by atoms with Crippen LogP contribution in [0.1, 0.15) is 96.0 Å². The summed E-state index contributed by atoms with van der Waals surface area (Å²) in [4.78, 5) is 29.9. The number of carbonyl (C=O) groups excluding carboxylic acids is 2. The lowest BCUT2D eigenvalue weighted by molar-refractivity contribution is -0.290. The van der Waals surface area contributed by atoms with Crippen molar-refractivity contribution >= 4 is 28.1 Å². The number of carbonyl (C=O) groups is 2. The Labute approximate surface area is 300 Å². The predicted molar refractivity (Wildman–Crippen MR) is 194 cm³/mol. The Hall–Kier alpha value is -4.13. The maximum absolute atomic E-state index is 14.3. The first-order valence-corrected chi connectivity index (χ1v) is 18.8. The van der Waals surface area contributed by atoms with Gasteiger partial charge in [0.15, 0.2) is 5.79 Å². The van der Waals surface area contributed by atoms with Crippen molar-refractivity contribution in [3.8, 4) is 22.4 Å². The van der Waals surface area contributed by atoms with Gasteiger partial charge in [0.1, 0.15) is 11.4 Å². The van der Waals surface area contributed by atoms with Crippen molar-refractivity contribution in [2.75, 3.05) is 7.05 Å². The van der Waals surface area contributed by atoms with E-state index >= 15 is 0 Å². The van der Waals surface area contributed by atoms with Gasteiger partial charge < -0.3 is 19.5 Å². The average molecular weight is 722 g/mol. The molecule has 274 valence electrons. The number of urea groups is 1. The minimum atomic E-state index is -4.17. The molecule has 1 aliphatic carbocycles. The number of ether oxygens (including phenoxy) is 3. The van der Waals surface area contributed by atoms with E-state index in [1.165, 1.54) is 25.2 Å². The van der Waals surface area contributed by atoms with Crippen LogP contribution >= 0.6 is 0 Å². The highest BCUT2D eigenvalue weighted by Crippen LogP contribution is 2.43. The molecule has 0 unspecified atom stereocenters. The largest absolute Gasteiger partial charge is 0.460 e. The fourth-order valence-corrected chi connectivity index (χ4v) is 7.68. The summed E-state index contributed by atoms with van der Waals surface area (Å²) in [5, 5.41) is 2.28. The van der Waals surface area contributed by atoms with Crippen LogP contribution in [0.15, 0.2) is 53.4 Å². The van der Waals surface area contributed by atoms with Crippen molar-refractivity contribution in [1.29, 1.82) is 0 Å². The van der Waals surface area contributed by atoms with Crippen LogP contribution in [0.4, 0.5) is 9.18 Å². The van der Waals surface area contributed by atoms with E-state index in [0.29, 0.717) is 30.5 Å². The predicted octanol–water partition coefficient (Wildman–Crippen LogP) is 7.44. The molecule has 2 N–H and O–H groups in total. The third kappa shape index (κ3) is 9.22. The van der Waals surface area contributed by atoms with E-state index in [-0.39, 0.29) is 29.0 Å². The monoisotopic (exact) mass is 721 g/mol. The second-order valence-corrected chi connectivity index (χ2v) is 16.5. The molecule has 2 atom stereocenters. The molecule has 0 radical (unpaired) electrons. The first kappa shape index (κ1) is 38.1. The van der Waals surface area contributed by atoms with Gasteiger partial charge in [-0.05, 0) is 106 Å². The molecule has 1 saturated heterocycles. The summed E-state index contributed by atoms with van der Waals surface area (Å²) in [6.45, 7) is 13.2. The molecule has 5 rings (SSSR count). The molecule has 2 aliphatic rings. The molecule has 10 nitrogen and oxygen atoms in total. The number of nitrogens with zero attached hydrogens (tertiary/aromatic N) is 1. The molecule has 2 heterocycles. The molecule has 2 aromatic carbocycles. The summed E-state index contributed by atoms with van der Waals surface area (Å²) in [7, 11) is -2.83. The van der Waals surface area contributed by atoms with Crippen LogP contribution in [0, 0.1) is 5.82 Å². The van der Waals surface area contributed by atoms with Crippen LogP contribution < -0.4 is 10.0 Å². The standard InChI is InChI=1S/C39H48FN3O7S/c1-23(2)35-31(19-17-27-20-28(49-39(6,7)48-27)21-33(44)50-38(3,4)5)34(25-12-15-26(40)16-13-25)30-11-9-10-24-14-18-29(22-32(24)36(30)42-35)51(46,47)43-37(45)41-8/h12-19,22-23,27-28H,9-11,20-21H2,1-8H3,(H2,41,43,45)/b19-17+/t27-,28-/m1/s1. The minimum absolute atomic E-state index is 0.0573. The van der Waals surface area contributed by atoms with Gasteiger partial charge in [0, 0.05) is 24.6 Å². The van der Waals surface area contributed by atoms with Gasteiger partial charge in [-0.3, -0.25) is 9.78 Å². The minimum Gasteiger partial charge on any atom is -0.460 e. The molecular weight excluding hydrogens is 674 g/mol. The number of fused-ring (bicyclic) bond motifs is 3. The molecule has 0 spiro atoms. The van der Waals surface area contributed by atoms with E-state index in [0.717, 1.165) is 39.9 Å². The summed E-state index contributed by atoms with van der Waals surface area (Å²) in [5.41, 5.74) is 5.85. The van der Waals surface area contributed by atoms with Crippen molar-refractivity contribution in [2.24, 2.45) is 0 Å². The number of pyridine rings is 1. The van der Waals surface area contributed by atoms with Gasteiger partial charge in [-0.25, -0.2) is 22.3 Å². The number of esters is 1. The van der Waals surface area contributed by atoms with Crippen LogP contribution in [0.5, 0.6) is 0 Å². The lowest BCUT2D eigenvalue weighted by Crippen LogP contribution is -2.45. The summed E-state index contributed by atoms with van der Waals surface area (Å²) >= 11 is 0. The van der Waals surface area contributed by atoms with Crippen molar-refractivity contribution in [2.45, 2.75) is 115 Å². The second-order valence-electron chi connectivity index (χ2n) is 14.8. The fraction of sp³-hybridized carbons (Fsp3) is 0.462. The number of halogens is 1. The number of aryl methyl sites for hydroxylation is 1. The van der Waals surface area contributed by atoms with Crippen molar-refractivity contribution < 1.29 is 36.6 Å². The van der Waals surface area contributed by atoms with Crippen molar-refractivity contribution in [3.63, 3.8) is 0 Å². The molecule has 0 bridgehead atoms. The molecule has 12 heteroatoms. The first-order valence-electron chi connectivity index (χ1n) is 17.3. The van der Waals surface area contributed by atoms with Gasteiger partial charge in [0.05, 0.1) is 34.9 Å². The van der Waals surface area contributed by atoms with E-state index < -0.39 is 39.7 Å². The molecule has 51 heavy (non-hydrogen) atoms. The molecule has 1 aromatic heterocycles. The summed E-state index contributed by atoms with van der Waals surface area (Å²) in [5.74, 6) is -1.72. The quantitative estimate of drug-likeness (QED) is 0.230. The normalized spacial score (nSPS) is 18.9. The second kappa shape index (κ2) is 14.8. The Balaban J connectivity index is 1.64. The number of aromatic nitrogens is 1. The topological polar surface area (TPSA) is 133 Å². The van der Waals surface area contributed by atoms with Crippen molar-refractivity contribution in [1.82, 2.24) is 15.0 Å². The Morgan fingerprint density at radius 1 is 1.10 bits per heavy atom. The Kier molecular flexibility index (Phi) is 11.1. The van der Waals surface area contributed by atoms with Gasteiger partial charge >= 0.3 is 12.0 Å². The maximum atomic E-state index is 14.3. The molecule has 2 amide bonds. The molecule has 1 aliphatic heterocycles. The smallest absolute Gasteiger partial charge is 0.328 e. The van der Waals surface area contributed by atoms with Crippen LogP contribution in [0.2, 0.25) is 0 Å². The van der Waals surface area contributed by atoms with Gasteiger partial charge in [0.2, 0.25) is 0 Å². The van der Waals surface area contributed by atoms with Gasteiger partial charge in [0.25, 0.3) is 10.0 Å². The number of rotatable bonds is 8. The van der Waals surface area contributed by atoms with Crippen molar-refractivity contribution in [3.05, 3.63) is 76.7 Å². The van der Waals surface area contributed by atoms with E-state index in [1.54, 1.807) is 24.3 Å². The Morgan fingerprint density at radius 3 is 2.45 bits per heavy atom. The molecular formula is C39H48FN3O7S. The highest BCUT2D eigenvalue weighted by Gasteiger charge is 2.36. The average Bonchev–Trinajstić information content (AvgIpc) is 3.20. The number of amides is 2. The molecule has 1 fully saturated rings. The molecule has 3 aromatic rings. The summed E-state index contributed by atoms with van der Waals surface area (Å²) < 4.78 is 60.7. The lowest BCUT2D eigenvalue weighted by atomic mass is 9.86. The number of benzene rings is 2. The van der Waals surface area contributed by atoms with Crippen LogP contribution in [0.25, 0.3) is 28.5 Å². The summed E-state index contributed by atoms with van der Waals surface area (Å²) in [6.07, 6.45) is 5.74. The third-order valence-electron chi connectivity index (χ3n) is 8.69. The third-order valence-corrected chi connectivity index (χ3v) is 10.0. The van der Waals surface area contributed by atoms with Gasteiger partial charge in [-0.2, -0.15) is 0 Å². The van der Waals surface area contributed by atoms with Gasteiger partial charge in [-0.1, -0.05) is 44.2 Å². The van der Waals surface area contributed by atoms with Crippen LogP contribution in [0.3, 0.4) is 0 Å². The first-order chi connectivity index (χ1) is 23.9. The van der Waals surface area contributed by atoms with Gasteiger partial charge in [-0.15, -0.1) is 0 Å². The lowest BCUT2D eigenvalue weighted by Gasteiger charge is -2.40.